The predicted octanol–water partition coefficient (Wildman–Crippen LogP) is 2.02. The van der Waals surface area contributed by atoms with Crippen LogP contribution < -0.4 is 10.0 Å². The summed E-state index contributed by atoms with van der Waals surface area (Å²) in [5.41, 5.74) is 0.549. The molecule has 0 aliphatic carbocycles. The van der Waals surface area contributed by atoms with Gasteiger partial charge >= 0.3 is 0 Å². The first-order chi connectivity index (χ1) is 10.5. The highest BCUT2D eigenvalue weighted by Crippen LogP contribution is 2.16. The second-order valence-electron chi connectivity index (χ2n) is 4.50. The number of sulfonamides is 1. The third-order valence-corrected chi connectivity index (χ3v) is 4.06. The minimum atomic E-state index is -3.76. The van der Waals surface area contributed by atoms with Crippen molar-refractivity contribution in [3.63, 3.8) is 0 Å². The fraction of sp³-hybridized carbons (Fsp3) is 0.214. The quantitative estimate of drug-likeness (QED) is 0.848. The average Bonchev–Trinajstić information content (AvgIpc) is 2.48. The number of benzene rings is 1. The molecule has 2 aromatic rings. The Kier molecular flexibility index (Phi) is 5.05. The molecule has 1 aromatic carbocycles. The van der Waals surface area contributed by atoms with Gasteiger partial charge in [-0.25, -0.2) is 23.1 Å². The molecule has 1 heterocycles. The second kappa shape index (κ2) is 6.99. The molecular formula is C14H16N4O3S. The summed E-state index contributed by atoms with van der Waals surface area (Å²) in [4.78, 5) is 19.2. The smallest absolute Gasteiger partial charge is 0.264 e. The van der Waals surface area contributed by atoms with Crippen molar-refractivity contribution in [2.75, 3.05) is 10.0 Å². The normalized spacial score (nSPS) is 11.0. The molecule has 7 nitrogen and oxygen atoms in total. The lowest BCUT2D eigenvalue weighted by Crippen LogP contribution is -2.15. The standard InChI is InChI=1S/C14H16N4O3S/c1-2-4-13(19)17-11-5-7-12(8-6-11)22(20,21)18-14-15-9-3-10-16-14/h3,5-10H,2,4H2,1H3,(H,17,19)(H,15,16,18). The maximum atomic E-state index is 12.2. The van der Waals surface area contributed by atoms with Crippen LogP contribution >= 0.6 is 0 Å². The van der Waals surface area contributed by atoms with Crippen molar-refractivity contribution in [1.82, 2.24) is 9.97 Å². The van der Waals surface area contributed by atoms with Gasteiger partial charge in [0.15, 0.2) is 0 Å². The topological polar surface area (TPSA) is 101 Å². The van der Waals surface area contributed by atoms with Gasteiger partial charge in [0.1, 0.15) is 0 Å². The molecule has 8 heteroatoms. The van der Waals surface area contributed by atoms with Gasteiger partial charge in [0.2, 0.25) is 11.9 Å². The second-order valence-corrected chi connectivity index (χ2v) is 6.18. The Hall–Kier alpha value is -2.48. The lowest BCUT2D eigenvalue weighted by Gasteiger charge is -2.08. The third-order valence-electron chi connectivity index (χ3n) is 2.72. The molecule has 1 aromatic heterocycles. The van der Waals surface area contributed by atoms with E-state index in [0.717, 1.165) is 6.42 Å². The molecule has 0 bridgehead atoms. The fourth-order valence-electron chi connectivity index (χ4n) is 1.70. The Morgan fingerprint density at radius 1 is 1.14 bits per heavy atom. The number of carbonyl (C=O) groups is 1. The van der Waals surface area contributed by atoms with Gasteiger partial charge in [-0.05, 0) is 36.8 Å². The molecule has 0 radical (unpaired) electrons. The Morgan fingerprint density at radius 2 is 1.77 bits per heavy atom. The maximum Gasteiger partial charge on any atom is 0.264 e. The first-order valence-electron chi connectivity index (χ1n) is 6.71. The summed E-state index contributed by atoms with van der Waals surface area (Å²) in [6, 6.07) is 7.48. The average molecular weight is 320 g/mol. The van der Waals surface area contributed by atoms with E-state index in [1.54, 1.807) is 6.07 Å². The fourth-order valence-corrected chi connectivity index (χ4v) is 2.66. The molecule has 2 N–H and O–H groups in total. The maximum absolute atomic E-state index is 12.2. The Morgan fingerprint density at radius 3 is 2.36 bits per heavy atom. The number of carbonyl (C=O) groups excluding carboxylic acids is 1. The summed E-state index contributed by atoms with van der Waals surface area (Å²) >= 11 is 0. The summed E-state index contributed by atoms with van der Waals surface area (Å²) < 4.78 is 26.6. The molecular weight excluding hydrogens is 304 g/mol. The van der Waals surface area contributed by atoms with Crippen molar-refractivity contribution < 1.29 is 13.2 Å². The first kappa shape index (κ1) is 15.9. The van der Waals surface area contributed by atoms with Crippen molar-refractivity contribution in [3.05, 3.63) is 42.7 Å². The van der Waals surface area contributed by atoms with E-state index >= 15 is 0 Å². The van der Waals surface area contributed by atoms with E-state index in [1.165, 1.54) is 36.7 Å². The zero-order chi connectivity index (χ0) is 16.0. The molecule has 2 rings (SSSR count). The monoisotopic (exact) mass is 320 g/mol. The van der Waals surface area contributed by atoms with Gasteiger partial charge in [-0.15, -0.1) is 0 Å². The van der Waals surface area contributed by atoms with Crippen LogP contribution in [0.2, 0.25) is 0 Å². The van der Waals surface area contributed by atoms with Gasteiger partial charge in [-0.2, -0.15) is 0 Å². The highest BCUT2D eigenvalue weighted by molar-refractivity contribution is 7.92. The molecule has 0 saturated heterocycles. The first-order valence-corrected chi connectivity index (χ1v) is 8.19. The van der Waals surface area contributed by atoms with Gasteiger partial charge in [-0.3, -0.25) is 4.79 Å². The van der Waals surface area contributed by atoms with Crippen LogP contribution in [0.1, 0.15) is 19.8 Å². The van der Waals surface area contributed by atoms with Crippen molar-refractivity contribution >= 4 is 27.6 Å². The molecule has 0 atom stereocenters. The van der Waals surface area contributed by atoms with E-state index in [-0.39, 0.29) is 16.8 Å². The van der Waals surface area contributed by atoms with Crippen LogP contribution in [0.5, 0.6) is 0 Å². The van der Waals surface area contributed by atoms with E-state index in [1.807, 2.05) is 6.92 Å². The number of anilines is 2. The van der Waals surface area contributed by atoms with Crippen LogP contribution in [0.15, 0.2) is 47.6 Å². The number of hydrogen-bond donors (Lipinski definition) is 2. The SMILES string of the molecule is CCCC(=O)Nc1ccc(S(=O)(=O)Nc2ncccn2)cc1. The number of hydrogen-bond acceptors (Lipinski definition) is 5. The van der Waals surface area contributed by atoms with E-state index in [9.17, 15) is 13.2 Å². The van der Waals surface area contributed by atoms with Crippen molar-refractivity contribution in [3.8, 4) is 0 Å². The third kappa shape index (κ3) is 4.26. The van der Waals surface area contributed by atoms with Crippen LogP contribution in [0, 0.1) is 0 Å². The van der Waals surface area contributed by atoms with E-state index in [4.69, 9.17) is 0 Å². The van der Waals surface area contributed by atoms with Crippen molar-refractivity contribution in [1.29, 1.82) is 0 Å². The summed E-state index contributed by atoms with van der Waals surface area (Å²) in [5.74, 6) is -0.100. The van der Waals surface area contributed by atoms with E-state index in [0.29, 0.717) is 12.1 Å². The van der Waals surface area contributed by atoms with Crippen molar-refractivity contribution in [2.45, 2.75) is 24.7 Å². The minimum absolute atomic E-state index is 0.00262. The molecule has 0 aliphatic heterocycles. The minimum Gasteiger partial charge on any atom is -0.326 e. The molecule has 0 spiro atoms. The number of amides is 1. The predicted molar refractivity (Wildman–Crippen MR) is 82.8 cm³/mol. The van der Waals surface area contributed by atoms with Gasteiger partial charge in [0.05, 0.1) is 4.90 Å². The van der Waals surface area contributed by atoms with Gasteiger partial charge in [-0.1, -0.05) is 6.92 Å². The number of aromatic nitrogens is 2. The molecule has 0 unspecified atom stereocenters. The summed E-state index contributed by atoms with van der Waals surface area (Å²) in [5, 5.41) is 2.69. The van der Waals surface area contributed by atoms with E-state index in [2.05, 4.69) is 20.0 Å². The Labute approximate surface area is 128 Å². The van der Waals surface area contributed by atoms with Crippen LogP contribution in [0.3, 0.4) is 0 Å². The van der Waals surface area contributed by atoms with E-state index < -0.39 is 10.0 Å². The van der Waals surface area contributed by atoms with Crippen LogP contribution in [0.4, 0.5) is 11.6 Å². The van der Waals surface area contributed by atoms with Crippen molar-refractivity contribution in [2.24, 2.45) is 0 Å². The highest BCUT2D eigenvalue weighted by Gasteiger charge is 2.15. The Bertz CT molecular complexity index is 730. The zero-order valence-corrected chi connectivity index (χ0v) is 12.8. The number of nitrogens with one attached hydrogen (secondary N) is 2. The molecule has 0 aliphatic rings. The molecule has 116 valence electrons. The largest absolute Gasteiger partial charge is 0.326 e. The van der Waals surface area contributed by atoms with Crippen LogP contribution in [-0.4, -0.2) is 24.3 Å². The number of nitrogens with zero attached hydrogens (tertiary/aromatic N) is 2. The summed E-state index contributed by atoms with van der Waals surface area (Å²) in [6.07, 6.45) is 4.06. The van der Waals surface area contributed by atoms with Crippen LogP contribution in [-0.2, 0) is 14.8 Å². The molecule has 1 amide bonds. The highest BCUT2D eigenvalue weighted by atomic mass is 32.2. The summed E-state index contributed by atoms with van der Waals surface area (Å²) in [7, 11) is -3.76. The molecule has 0 fully saturated rings. The summed E-state index contributed by atoms with van der Waals surface area (Å²) in [6.45, 7) is 1.91. The zero-order valence-electron chi connectivity index (χ0n) is 12.0. The van der Waals surface area contributed by atoms with Gasteiger partial charge < -0.3 is 5.32 Å². The van der Waals surface area contributed by atoms with Crippen LogP contribution in [0.25, 0.3) is 0 Å². The van der Waals surface area contributed by atoms with Gasteiger partial charge in [0.25, 0.3) is 10.0 Å². The number of rotatable bonds is 6. The molecule has 0 saturated carbocycles. The van der Waals surface area contributed by atoms with Gasteiger partial charge in [0, 0.05) is 24.5 Å². The molecule has 22 heavy (non-hydrogen) atoms. The lowest BCUT2D eigenvalue weighted by molar-refractivity contribution is -0.116. The Balaban J connectivity index is 2.10. The lowest BCUT2D eigenvalue weighted by atomic mass is 10.3.